The summed E-state index contributed by atoms with van der Waals surface area (Å²) >= 11 is 1.54. The molecule has 118 valence electrons. The molecule has 0 spiro atoms. The molecule has 3 nitrogen and oxygen atoms in total. The van der Waals surface area contributed by atoms with E-state index in [0.717, 1.165) is 29.0 Å². The lowest BCUT2D eigenvalue weighted by atomic mass is 10.0. The molecule has 0 unspecified atom stereocenters. The van der Waals surface area contributed by atoms with E-state index in [0.29, 0.717) is 5.13 Å². The zero-order chi connectivity index (χ0) is 16.3. The molecule has 0 aliphatic heterocycles. The molecule has 0 aliphatic rings. The van der Waals surface area contributed by atoms with Crippen molar-refractivity contribution in [2.75, 3.05) is 5.32 Å². The normalized spacial score (nSPS) is 11.0. The molecule has 0 saturated carbocycles. The molecule has 0 fully saturated rings. The monoisotopic (exact) mass is 316 g/mol. The van der Waals surface area contributed by atoms with Gasteiger partial charge in [-0.05, 0) is 50.8 Å². The first-order valence-corrected chi connectivity index (χ1v) is 8.63. The second-order valence-corrected chi connectivity index (χ2v) is 6.93. The SMILES string of the molecule is CCC(CC)C(=O)Nc1nc(-c2ccc(C)c(C)c2)c(C)s1. The Balaban J connectivity index is 2.24. The summed E-state index contributed by atoms with van der Waals surface area (Å²) in [6.07, 6.45) is 1.72. The van der Waals surface area contributed by atoms with Crippen molar-refractivity contribution in [3.63, 3.8) is 0 Å². The van der Waals surface area contributed by atoms with Crippen LogP contribution in [0.15, 0.2) is 18.2 Å². The van der Waals surface area contributed by atoms with Gasteiger partial charge in [-0.3, -0.25) is 4.79 Å². The standard InChI is InChI=1S/C18H24N2OS/c1-6-14(7-2)17(21)20-18-19-16(13(5)22-18)15-9-8-11(3)12(4)10-15/h8-10,14H,6-7H2,1-5H3,(H,19,20,21). The number of aromatic nitrogens is 1. The van der Waals surface area contributed by atoms with Gasteiger partial charge in [0.2, 0.25) is 5.91 Å². The molecule has 0 saturated heterocycles. The number of hydrogen-bond donors (Lipinski definition) is 1. The molecular formula is C18H24N2OS. The van der Waals surface area contributed by atoms with Crippen molar-refractivity contribution in [2.45, 2.75) is 47.5 Å². The Labute approximate surface area is 136 Å². The van der Waals surface area contributed by atoms with E-state index >= 15 is 0 Å². The van der Waals surface area contributed by atoms with E-state index < -0.39 is 0 Å². The number of benzene rings is 1. The lowest BCUT2D eigenvalue weighted by Gasteiger charge is -2.10. The molecule has 1 heterocycles. The van der Waals surface area contributed by atoms with Crippen LogP contribution in [0.5, 0.6) is 0 Å². The van der Waals surface area contributed by atoms with Gasteiger partial charge >= 0.3 is 0 Å². The third-order valence-corrected chi connectivity index (χ3v) is 5.05. The second kappa shape index (κ2) is 7.05. The van der Waals surface area contributed by atoms with Gasteiger partial charge in [0.05, 0.1) is 5.69 Å². The van der Waals surface area contributed by atoms with Gasteiger partial charge in [0, 0.05) is 16.4 Å². The highest BCUT2D eigenvalue weighted by Crippen LogP contribution is 2.31. The summed E-state index contributed by atoms with van der Waals surface area (Å²) in [5, 5.41) is 3.67. The van der Waals surface area contributed by atoms with Crippen LogP contribution in [0.25, 0.3) is 11.3 Å². The molecule has 0 bridgehead atoms. The van der Waals surface area contributed by atoms with Crippen molar-refractivity contribution >= 4 is 22.4 Å². The Bertz CT molecular complexity index is 672. The number of rotatable bonds is 5. The number of hydrogen-bond acceptors (Lipinski definition) is 3. The molecule has 4 heteroatoms. The van der Waals surface area contributed by atoms with Gasteiger partial charge in [-0.15, -0.1) is 11.3 Å². The number of anilines is 1. The molecule has 2 aromatic rings. The zero-order valence-corrected chi connectivity index (χ0v) is 14.8. The third-order valence-electron chi connectivity index (χ3n) is 4.16. The molecule has 1 amide bonds. The zero-order valence-electron chi connectivity index (χ0n) is 14.0. The van der Waals surface area contributed by atoms with Gasteiger partial charge in [-0.1, -0.05) is 26.0 Å². The van der Waals surface area contributed by atoms with E-state index in [1.807, 2.05) is 13.8 Å². The highest BCUT2D eigenvalue weighted by molar-refractivity contribution is 7.16. The van der Waals surface area contributed by atoms with E-state index in [1.165, 1.54) is 11.1 Å². The van der Waals surface area contributed by atoms with Gasteiger partial charge in [0.15, 0.2) is 5.13 Å². The van der Waals surface area contributed by atoms with Crippen molar-refractivity contribution in [1.29, 1.82) is 0 Å². The number of nitrogens with one attached hydrogen (secondary N) is 1. The van der Waals surface area contributed by atoms with Gasteiger partial charge in [-0.25, -0.2) is 4.98 Å². The summed E-state index contributed by atoms with van der Waals surface area (Å²) < 4.78 is 0. The fraction of sp³-hybridized carbons (Fsp3) is 0.444. The topological polar surface area (TPSA) is 42.0 Å². The van der Waals surface area contributed by atoms with Crippen LogP contribution in [-0.4, -0.2) is 10.9 Å². The van der Waals surface area contributed by atoms with Crippen LogP contribution in [0.1, 0.15) is 42.7 Å². The largest absolute Gasteiger partial charge is 0.302 e. The van der Waals surface area contributed by atoms with Crippen LogP contribution in [0.4, 0.5) is 5.13 Å². The van der Waals surface area contributed by atoms with Crippen LogP contribution in [-0.2, 0) is 4.79 Å². The summed E-state index contributed by atoms with van der Waals surface area (Å²) in [6.45, 7) is 10.3. The van der Waals surface area contributed by atoms with E-state index in [-0.39, 0.29) is 11.8 Å². The van der Waals surface area contributed by atoms with E-state index in [9.17, 15) is 4.79 Å². The molecule has 0 atom stereocenters. The fourth-order valence-electron chi connectivity index (χ4n) is 2.47. The minimum Gasteiger partial charge on any atom is -0.302 e. The van der Waals surface area contributed by atoms with E-state index in [1.54, 1.807) is 11.3 Å². The number of amides is 1. The fourth-order valence-corrected chi connectivity index (χ4v) is 3.31. The first kappa shape index (κ1) is 16.7. The molecular weight excluding hydrogens is 292 g/mol. The first-order chi connectivity index (χ1) is 10.5. The number of carbonyl (C=O) groups excluding carboxylic acids is 1. The second-order valence-electron chi connectivity index (χ2n) is 5.73. The third kappa shape index (κ3) is 3.55. The van der Waals surface area contributed by atoms with Crippen LogP contribution in [0.2, 0.25) is 0 Å². The maximum atomic E-state index is 12.2. The lowest BCUT2D eigenvalue weighted by molar-refractivity contribution is -0.120. The van der Waals surface area contributed by atoms with E-state index in [2.05, 4.69) is 49.3 Å². The van der Waals surface area contributed by atoms with Crippen LogP contribution >= 0.6 is 11.3 Å². The lowest BCUT2D eigenvalue weighted by Crippen LogP contribution is -2.21. The molecule has 1 N–H and O–H groups in total. The van der Waals surface area contributed by atoms with Gasteiger partial charge in [-0.2, -0.15) is 0 Å². The maximum Gasteiger partial charge on any atom is 0.229 e. The smallest absolute Gasteiger partial charge is 0.229 e. The van der Waals surface area contributed by atoms with Crippen LogP contribution in [0.3, 0.4) is 0 Å². The summed E-state index contributed by atoms with van der Waals surface area (Å²) in [5.41, 5.74) is 4.61. The molecule has 0 radical (unpaired) electrons. The molecule has 1 aromatic heterocycles. The number of aryl methyl sites for hydroxylation is 3. The Morgan fingerprint density at radius 3 is 2.45 bits per heavy atom. The highest BCUT2D eigenvalue weighted by Gasteiger charge is 2.17. The average molecular weight is 316 g/mol. The minimum absolute atomic E-state index is 0.0641. The maximum absolute atomic E-state index is 12.2. The Hall–Kier alpha value is -1.68. The summed E-state index contributed by atoms with van der Waals surface area (Å²) in [4.78, 5) is 17.9. The number of thiazole rings is 1. The summed E-state index contributed by atoms with van der Waals surface area (Å²) in [7, 11) is 0. The van der Waals surface area contributed by atoms with E-state index in [4.69, 9.17) is 0 Å². The highest BCUT2D eigenvalue weighted by atomic mass is 32.1. The molecule has 2 rings (SSSR count). The summed E-state index contributed by atoms with van der Waals surface area (Å²) in [6, 6.07) is 6.37. The van der Waals surface area contributed by atoms with Crippen molar-refractivity contribution < 1.29 is 4.79 Å². The molecule has 22 heavy (non-hydrogen) atoms. The number of carbonyl (C=O) groups is 1. The average Bonchev–Trinajstić information content (AvgIpc) is 2.84. The Kier molecular flexibility index (Phi) is 5.35. The van der Waals surface area contributed by atoms with Gasteiger partial charge < -0.3 is 5.32 Å². The predicted octanol–water partition coefficient (Wildman–Crippen LogP) is 5.11. The van der Waals surface area contributed by atoms with Crippen molar-refractivity contribution in [3.8, 4) is 11.3 Å². The van der Waals surface area contributed by atoms with Crippen molar-refractivity contribution in [3.05, 3.63) is 34.2 Å². The number of nitrogens with zero attached hydrogens (tertiary/aromatic N) is 1. The van der Waals surface area contributed by atoms with Crippen LogP contribution in [0, 0.1) is 26.7 Å². The molecule has 1 aromatic carbocycles. The van der Waals surface area contributed by atoms with Gasteiger partial charge in [0.1, 0.15) is 0 Å². The Morgan fingerprint density at radius 2 is 1.86 bits per heavy atom. The molecule has 0 aliphatic carbocycles. The first-order valence-electron chi connectivity index (χ1n) is 7.82. The quantitative estimate of drug-likeness (QED) is 0.833. The predicted molar refractivity (Wildman–Crippen MR) is 94.5 cm³/mol. The van der Waals surface area contributed by atoms with Crippen molar-refractivity contribution in [1.82, 2.24) is 4.98 Å². The van der Waals surface area contributed by atoms with Crippen molar-refractivity contribution in [2.24, 2.45) is 5.92 Å². The minimum atomic E-state index is 0.0641. The van der Waals surface area contributed by atoms with Crippen LogP contribution < -0.4 is 5.32 Å². The summed E-state index contributed by atoms with van der Waals surface area (Å²) in [5.74, 6) is 0.139. The Morgan fingerprint density at radius 1 is 1.18 bits per heavy atom. The van der Waals surface area contributed by atoms with Gasteiger partial charge in [0.25, 0.3) is 0 Å².